The predicted octanol–water partition coefficient (Wildman–Crippen LogP) is 4.05. The molecule has 2 aliphatic heterocycles. The van der Waals surface area contributed by atoms with Crippen molar-refractivity contribution in [3.05, 3.63) is 83.2 Å². The molecule has 0 radical (unpaired) electrons. The summed E-state index contributed by atoms with van der Waals surface area (Å²) >= 11 is 0. The van der Waals surface area contributed by atoms with E-state index in [2.05, 4.69) is 40.5 Å². The van der Waals surface area contributed by atoms with Gasteiger partial charge in [-0.3, -0.25) is 9.63 Å². The number of benzene rings is 3. The molecular weight excluding hydrogens is 533 g/mol. The molecule has 1 fully saturated rings. The van der Waals surface area contributed by atoms with Crippen molar-refractivity contribution in [1.29, 1.82) is 0 Å². The minimum atomic E-state index is -4.33. The van der Waals surface area contributed by atoms with Crippen molar-refractivity contribution < 1.29 is 22.4 Å². The fraction of sp³-hybridized carbons (Fsp3) is 0.276. The summed E-state index contributed by atoms with van der Waals surface area (Å²) in [5, 5.41) is 6.08. The van der Waals surface area contributed by atoms with Crippen molar-refractivity contribution >= 4 is 44.3 Å². The normalized spacial score (nSPS) is 17.0. The highest BCUT2D eigenvalue weighted by atomic mass is 32.2. The molecule has 11 heteroatoms. The number of carbonyl (C=O) groups excluding carboxylic acids is 1. The summed E-state index contributed by atoms with van der Waals surface area (Å²) in [6.07, 6.45) is 0. The van der Waals surface area contributed by atoms with E-state index in [9.17, 15) is 17.6 Å². The van der Waals surface area contributed by atoms with E-state index in [1.165, 1.54) is 0 Å². The lowest BCUT2D eigenvalue weighted by Crippen LogP contribution is -2.44. The molecule has 9 nitrogen and oxygen atoms in total. The second-order valence-corrected chi connectivity index (χ2v) is 11.4. The van der Waals surface area contributed by atoms with Crippen LogP contribution >= 0.6 is 0 Å². The molecule has 3 aromatic carbocycles. The van der Waals surface area contributed by atoms with E-state index >= 15 is 0 Å². The van der Waals surface area contributed by atoms with Crippen molar-refractivity contribution in [2.24, 2.45) is 0 Å². The molecule has 0 unspecified atom stereocenters. The standard InChI is InChI=1S/C29H32FN5O4S/c1-4-39-33-40(37,38)26-17-22-24(18-23(26)30)32-29(36)27(22)28(20-8-6-5-7-9-20)31-21-10-11-25(19(2)16-21)35-14-12-34(3)13-15-35/h5-11,16-18,31,33H,4,12-15H2,1-3H3,(H,32,36)/b28-27-. The highest BCUT2D eigenvalue weighted by Crippen LogP contribution is 2.40. The summed E-state index contributed by atoms with van der Waals surface area (Å²) in [7, 11) is -2.21. The molecule has 0 aromatic heterocycles. The Morgan fingerprint density at radius 2 is 1.77 bits per heavy atom. The van der Waals surface area contributed by atoms with Gasteiger partial charge in [-0.05, 0) is 62.4 Å². The third kappa shape index (κ3) is 5.59. The van der Waals surface area contributed by atoms with Crippen LogP contribution in [-0.4, -0.2) is 59.1 Å². The quantitative estimate of drug-likeness (QED) is 0.280. The van der Waals surface area contributed by atoms with Crippen molar-refractivity contribution in [2.75, 3.05) is 55.4 Å². The number of nitrogens with zero attached hydrogens (tertiary/aromatic N) is 2. The van der Waals surface area contributed by atoms with Gasteiger partial charge in [0.1, 0.15) is 10.7 Å². The van der Waals surface area contributed by atoms with E-state index < -0.39 is 26.6 Å². The molecule has 3 aromatic rings. The third-order valence-electron chi connectivity index (χ3n) is 7.04. The highest BCUT2D eigenvalue weighted by Gasteiger charge is 2.32. The van der Waals surface area contributed by atoms with E-state index in [0.29, 0.717) is 11.3 Å². The minimum absolute atomic E-state index is 0.0616. The zero-order valence-corrected chi connectivity index (χ0v) is 23.4. The Morgan fingerprint density at radius 1 is 1.05 bits per heavy atom. The molecule has 0 saturated carbocycles. The largest absolute Gasteiger partial charge is 0.369 e. The lowest BCUT2D eigenvalue weighted by molar-refractivity contribution is -0.110. The number of anilines is 3. The number of rotatable bonds is 8. The fourth-order valence-electron chi connectivity index (χ4n) is 4.97. The van der Waals surface area contributed by atoms with Gasteiger partial charge in [0.25, 0.3) is 15.9 Å². The predicted molar refractivity (Wildman–Crippen MR) is 155 cm³/mol. The first-order valence-electron chi connectivity index (χ1n) is 13.1. The van der Waals surface area contributed by atoms with Crippen molar-refractivity contribution in [1.82, 2.24) is 9.79 Å². The van der Waals surface area contributed by atoms with Crippen molar-refractivity contribution in [2.45, 2.75) is 18.7 Å². The number of piperazine rings is 1. The summed E-state index contributed by atoms with van der Waals surface area (Å²) in [5.41, 5.74) is 4.83. The van der Waals surface area contributed by atoms with Gasteiger partial charge < -0.3 is 20.4 Å². The number of likely N-dealkylation sites (N-methyl/N-ethyl adjacent to an activating group) is 1. The lowest BCUT2D eigenvalue weighted by atomic mass is 9.99. The summed E-state index contributed by atoms with van der Waals surface area (Å²) in [6, 6.07) is 17.5. The first kappa shape index (κ1) is 27.8. The molecule has 40 heavy (non-hydrogen) atoms. The monoisotopic (exact) mass is 565 g/mol. The van der Waals surface area contributed by atoms with Gasteiger partial charge in [0.15, 0.2) is 0 Å². The maximum atomic E-state index is 14.9. The Hall–Kier alpha value is -3.77. The smallest absolute Gasteiger partial charge is 0.265 e. The molecule has 210 valence electrons. The summed E-state index contributed by atoms with van der Waals surface area (Å²) in [6.45, 7) is 7.60. The summed E-state index contributed by atoms with van der Waals surface area (Å²) in [4.78, 5) is 24.1. The average Bonchev–Trinajstić information content (AvgIpc) is 3.25. The van der Waals surface area contributed by atoms with Crippen LogP contribution in [0.5, 0.6) is 0 Å². The van der Waals surface area contributed by atoms with Gasteiger partial charge in [-0.2, -0.15) is 0 Å². The zero-order chi connectivity index (χ0) is 28.4. The number of nitrogens with one attached hydrogen (secondary N) is 3. The Kier molecular flexibility index (Phi) is 7.90. The van der Waals surface area contributed by atoms with Gasteiger partial charge in [0.05, 0.1) is 23.6 Å². The molecule has 2 aliphatic rings. The van der Waals surface area contributed by atoms with E-state index in [0.717, 1.165) is 55.2 Å². The number of hydrogen-bond donors (Lipinski definition) is 3. The first-order valence-corrected chi connectivity index (χ1v) is 14.6. The number of carbonyl (C=O) groups is 1. The number of aryl methyl sites for hydroxylation is 1. The lowest BCUT2D eigenvalue weighted by Gasteiger charge is -2.35. The summed E-state index contributed by atoms with van der Waals surface area (Å²) in [5.74, 6) is -1.48. The molecule has 1 saturated heterocycles. The minimum Gasteiger partial charge on any atom is -0.369 e. The van der Waals surface area contributed by atoms with Crippen LogP contribution in [0.2, 0.25) is 0 Å². The van der Waals surface area contributed by atoms with Gasteiger partial charge in [-0.1, -0.05) is 35.2 Å². The topological polar surface area (TPSA) is 103 Å². The van der Waals surface area contributed by atoms with Crippen LogP contribution in [0.3, 0.4) is 0 Å². The Morgan fingerprint density at radius 3 is 2.45 bits per heavy atom. The van der Waals surface area contributed by atoms with Crippen LogP contribution in [-0.2, 0) is 19.7 Å². The van der Waals surface area contributed by atoms with Crippen LogP contribution in [0.15, 0.2) is 65.6 Å². The van der Waals surface area contributed by atoms with E-state index in [1.54, 1.807) is 6.92 Å². The molecule has 2 heterocycles. The Labute approximate surface area is 233 Å². The fourth-order valence-corrected chi connectivity index (χ4v) is 5.92. The molecule has 0 spiro atoms. The van der Waals surface area contributed by atoms with Gasteiger partial charge in [0, 0.05) is 43.1 Å². The first-order chi connectivity index (χ1) is 19.2. The molecule has 5 rings (SSSR count). The van der Waals surface area contributed by atoms with Crippen LogP contribution in [0.1, 0.15) is 23.6 Å². The number of fused-ring (bicyclic) bond motifs is 1. The third-order valence-corrected chi connectivity index (χ3v) is 8.27. The SMILES string of the molecule is CCONS(=O)(=O)c1cc2c(cc1F)NC(=O)/C2=C(\Nc1ccc(N2CCN(C)CC2)c(C)c1)c1ccccc1. The second-order valence-electron chi connectivity index (χ2n) is 9.83. The van der Waals surface area contributed by atoms with Gasteiger partial charge in [-0.15, -0.1) is 0 Å². The number of halogens is 1. The second kappa shape index (κ2) is 11.4. The van der Waals surface area contributed by atoms with E-state index in [4.69, 9.17) is 4.84 Å². The van der Waals surface area contributed by atoms with Crippen LogP contribution in [0.4, 0.5) is 21.5 Å². The van der Waals surface area contributed by atoms with Gasteiger partial charge in [0.2, 0.25) is 0 Å². The van der Waals surface area contributed by atoms with Gasteiger partial charge >= 0.3 is 0 Å². The molecule has 0 aliphatic carbocycles. The Balaban J connectivity index is 1.58. The number of hydrogen-bond acceptors (Lipinski definition) is 7. The van der Waals surface area contributed by atoms with E-state index in [-0.39, 0.29) is 23.4 Å². The molecule has 0 bridgehead atoms. The molecule has 1 amide bonds. The highest BCUT2D eigenvalue weighted by molar-refractivity contribution is 7.89. The Bertz CT molecular complexity index is 1570. The molecule has 0 atom stereocenters. The maximum absolute atomic E-state index is 14.9. The number of amides is 1. The van der Waals surface area contributed by atoms with E-state index in [1.807, 2.05) is 47.3 Å². The molecular formula is C29H32FN5O4S. The number of sulfonamides is 1. The zero-order valence-electron chi connectivity index (χ0n) is 22.6. The maximum Gasteiger partial charge on any atom is 0.265 e. The van der Waals surface area contributed by atoms with Crippen LogP contribution < -0.4 is 20.4 Å². The van der Waals surface area contributed by atoms with Crippen molar-refractivity contribution in [3.8, 4) is 0 Å². The van der Waals surface area contributed by atoms with Crippen LogP contribution in [0, 0.1) is 12.7 Å². The average molecular weight is 566 g/mol. The summed E-state index contributed by atoms with van der Waals surface area (Å²) < 4.78 is 40.3. The van der Waals surface area contributed by atoms with Crippen molar-refractivity contribution in [3.63, 3.8) is 0 Å². The van der Waals surface area contributed by atoms with Crippen LogP contribution in [0.25, 0.3) is 11.3 Å². The molecule has 3 N–H and O–H groups in total. The van der Waals surface area contributed by atoms with Gasteiger partial charge in [-0.25, -0.2) is 12.8 Å².